The number of rotatable bonds is 2. The van der Waals surface area contributed by atoms with Gasteiger partial charge in [-0.25, -0.2) is 0 Å². The van der Waals surface area contributed by atoms with E-state index in [-0.39, 0.29) is 0 Å². The molecule has 0 saturated heterocycles. The van der Waals surface area contributed by atoms with Crippen LogP contribution in [0.4, 0.5) is 5.69 Å². The summed E-state index contributed by atoms with van der Waals surface area (Å²) in [5, 5.41) is 11.9. The molecule has 0 atom stereocenters. The number of nitrogens with one attached hydrogen (secondary N) is 1. The van der Waals surface area contributed by atoms with Crippen LogP contribution >= 0.6 is 0 Å². The summed E-state index contributed by atoms with van der Waals surface area (Å²) in [5.41, 5.74) is 1.10. The molecule has 70 valence electrons. The zero-order valence-corrected chi connectivity index (χ0v) is 8.33. The highest BCUT2D eigenvalue weighted by Gasteiger charge is 2.12. The van der Waals surface area contributed by atoms with Crippen LogP contribution in [-0.2, 0) is 0 Å². The predicted octanol–water partition coefficient (Wildman–Crippen LogP) is 2.38. The molecule has 0 aromatic heterocycles. The van der Waals surface area contributed by atoms with E-state index in [0.29, 0.717) is 5.56 Å². The van der Waals surface area contributed by atoms with Crippen molar-refractivity contribution in [2.75, 3.05) is 5.32 Å². The van der Waals surface area contributed by atoms with E-state index in [4.69, 9.17) is 11.7 Å². The van der Waals surface area contributed by atoms with Gasteiger partial charge in [0.25, 0.3) is 0 Å². The highest BCUT2D eigenvalue weighted by Crippen LogP contribution is 2.15. The third-order valence-electron chi connectivity index (χ3n) is 1.81. The average Bonchev–Trinajstić information content (AvgIpc) is 2.17. The second-order valence-electron chi connectivity index (χ2n) is 3.59. The summed E-state index contributed by atoms with van der Waals surface area (Å²) in [5.74, 6) is 2.63. The Hall–Kier alpha value is -1.93. The summed E-state index contributed by atoms with van der Waals surface area (Å²) < 4.78 is 0. The highest BCUT2D eigenvalue weighted by molar-refractivity contribution is 5.52. The molecule has 0 spiro atoms. The summed E-state index contributed by atoms with van der Waals surface area (Å²) in [6.45, 7) is 3.82. The van der Waals surface area contributed by atoms with Crippen molar-refractivity contribution in [1.29, 1.82) is 5.26 Å². The van der Waals surface area contributed by atoms with Crippen molar-refractivity contribution in [3.05, 3.63) is 29.8 Å². The first-order valence-corrected chi connectivity index (χ1v) is 4.33. The van der Waals surface area contributed by atoms with E-state index in [1.807, 2.05) is 26.0 Å². The number of hydrogen-bond donors (Lipinski definition) is 1. The molecule has 0 saturated carbocycles. The van der Waals surface area contributed by atoms with Gasteiger partial charge in [-0.05, 0) is 32.0 Å². The van der Waals surface area contributed by atoms with Gasteiger partial charge in [-0.3, -0.25) is 0 Å². The smallest absolute Gasteiger partial charge is 0.0992 e. The normalized spacial score (nSPS) is 10.0. The van der Waals surface area contributed by atoms with E-state index in [0.717, 1.165) is 5.69 Å². The van der Waals surface area contributed by atoms with Crippen LogP contribution in [0.1, 0.15) is 19.4 Å². The van der Waals surface area contributed by atoms with E-state index in [9.17, 15) is 0 Å². The molecule has 14 heavy (non-hydrogen) atoms. The Morgan fingerprint density at radius 1 is 1.43 bits per heavy atom. The molecule has 2 heteroatoms. The minimum Gasteiger partial charge on any atom is -0.369 e. The fraction of sp³-hybridized carbons (Fsp3) is 0.250. The molecule has 1 aromatic carbocycles. The first kappa shape index (κ1) is 10.2. The zero-order chi connectivity index (χ0) is 10.6. The maximum Gasteiger partial charge on any atom is 0.0992 e. The minimum absolute atomic E-state index is 0.395. The second kappa shape index (κ2) is 3.85. The highest BCUT2D eigenvalue weighted by atomic mass is 14.9. The summed E-state index contributed by atoms with van der Waals surface area (Å²) in [7, 11) is 0. The summed E-state index contributed by atoms with van der Waals surface area (Å²) in [6, 6.07) is 9.33. The lowest BCUT2D eigenvalue weighted by molar-refractivity contribution is 0.741. The third-order valence-corrected chi connectivity index (χ3v) is 1.81. The third kappa shape index (κ3) is 2.54. The van der Waals surface area contributed by atoms with Gasteiger partial charge in [-0.2, -0.15) is 5.26 Å². The lowest BCUT2D eigenvalue weighted by Gasteiger charge is -2.21. The van der Waals surface area contributed by atoms with E-state index < -0.39 is 5.54 Å². The first-order chi connectivity index (χ1) is 6.57. The number of benzene rings is 1. The minimum atomic E-state index is -0.395. The van der Waals surface area contributed by atoms with Crippen molar-refractivity contribution in [2.24, 2.45) is 0 Å². The van der Waals surface area contributed by atoms with Gasteiger partial charge >= 0.3 is 0 Å². The Bertz CT molecular complexity index is 405. The molecular weight excluding hydrogens is 172 g/mol. The van der Waals surface area contributed by atoms with Crippen LogP contribution in [0.25, 0.3) is 0 Å². The van der Waals surface area contributed by atoms with Crippen LogP contribution in [0.2, 0.25) is 0 Å². The maximum absolute atomic E-state index is 8.70. The van der Waals surface area contributed by atoms with Crippen LogP contribution in [-0.4, -0.2) is 5.54 Å². The van der Waals surface area contributed by atoms with Gasteiger partial charge < -0.3 is 5.32 Å². The topological polar surface area (TPSA) is 35.8 Å². The molecule has 1 N–H and O–H groups in total. The molecule has 2 nitrogen and oxygen atoms in total. The number of terminal acetylenes is 1. The van der Waals surface area contributed by atoms with Crippen molar-refractivity contribution >= 4 is 5.69 Å². The second-order valence-corrected chi connectivity index (χ2v) is 3.59. The largest absolute Gasteiger partial charge is 0.369 e. The lowest BCUT2D eigenvalue weighted by Crippen LogP contribution is -2.28. The Kier molecular flexibility index (Phi) is 2.79. The van der Waals surface area contributed by atoms with Crippen molar-refractivity contribution in [2.45, 2.75) is 19.4 Å². The maximum atomic E-state index is 8.70. The van der Waals surface area contributed by atoms with Gasteiger partial charge in [0.05, 0.1) is 17.2 Å². The molecule has 0 heterocycles. The molecular formula is C12H12N2. The van der Waals surface area contributed by atoms with E-state index in [2.05, 4.69) is 17.3 Å². The van der Waals surface area contributed by atoms with Gasteiger partial charge in [0.1, 0.15) is 0 Å². The molecule has 1 rings (SSSR count). The van der Waals surface area contributed by atoms with E-state index in [1.165, 1.54) is 0 Å². The number of hydrogen-bond acceptors (Lipinski definition) is 2. The van der Waals surface area contributed by atoms with Gasteiger partial charge in [0, 0.05) is 5.69 Å². The van der Waals surface area contributed by atoms with Gasteiger partial charge in [0.2, 0.25) is 0 Å². The van der Waals surface area contributed by atoms with Gasteiger partial charge in [-0.1, -0.05) is 12.0 Å². The van der Waals surface area contributed by atoms with Crippen molar-refractivity contribution in [1.82, 2.24) is 0 Å². The zero-order valence-electron chi connectivity index (χ0n) is 8.33. The van der Waals surface area contributed by atoms with E-state index in [1.54, 1.807) is 12.1 Å². The number of anilines is 1. The summed E-state index contributed by atoms with van der Waals surface area (Å²) in [6.07, 6.45) is 5.35. The van der Waals surface area contributed by atoms with Gasteiger partial charge in [-0.15, -0.1) is 6.42 Å². The molecule has 0 aliphatic carbocycles. The molecule has 0 fully saturated rings. The standard InChI is InChI=1S/C12H12N2/c1-4-12(2,3)14-11-7-5-6-10(8-11)9-13/h1,5-8,14H,2-3H3. The van der Waals surface area contributed by atoms with Crippen LogP contribution in [0.5, 0.6) is 0 Å². The SMILES string of the molecule is C#CC(C)(C)Nc1cccc(C#N)c1. The molecule has 0 bridgehead atoms. The lowest BCUT2D eigenvalue weighted by atomic mass is 10.1. The Balaban J connectivity index is 2.90. The molecule has 0 radical (unpaired) electrons. The Labute approximate surface area is 84.6 Å². The quantitative estimate of drug-likeness (QED) is 0.716. The van der Waals surface area contributed by atoms with Gasteiger partial charge in [0.15, 0.2) is 0 Å². The first-order valence-electron chi connectivity index (χ1n) is 4.33. The average molecular weight is 184 g/mol. The predicted molar refractivity (Wildman–Crippen MR) is 57.7 cm³/mol. The fourth-order valence-electron chi connectivity index (χ4n) is 1.06. The van der Waals surface area contributed by atoms with Crippen LogP contribution in [0, 0.1) is 23.7 Å². The van der Waals surface area contributed by atoms with Crippen molar-refractivity contribution < 1.29 is 0 Å². The number of nitriles is 1. The van der Waals surface area contributed by atoms with Crippen LogP contribution in [0.15, 0.2) is 24.3 Å². The van der Waals surface area contributed by atoms with Crippen LogP contribution < -0.4 is 5.32 Å². The van der Waals surface area contributed by atoms with Crippen LogP contribution in [0.3, 0.4) is 0 Å². The summed E-state index contributed by atoms with van der Waals surface area (Å²) in [4.78, 5) is 0. The van der Waals surface area contributed by atoms with Crippen molar-refractivity contribution in [3.63, 3.8) is 0 Å². The molecule has 0 aliphatic heterocycles. The molecule has 0 unspecified atom stereocenters. The molecule has 1 aromatic rings. The van der Waals surface area contributed by atoms with Crippen molar-refractivity contribution in [3.8, 4) is 18.4 Å². The monoisotopic (exact) mass is 184 g/mol. The van der Waals surface area contributed by atoms with E-state index >= 15 is 0 Å². The molecule has 0 aliphatic rings. The summed E-state index contributed by atoms with van der Waals surface area (Å²) >= 11 is 0. The Morgan fingerprint density at radius 2 is 2.14 bits per heavy atom. The molecule has 0 amide bonds. The fourth-order valence-corrected chi connectivity index (χ4v) is 1.06. The number of nitrogens with zero attached hydrogens (tertiary/aromatic N) is 1. The Morgan fingerprint density at radius 3 is 2.71 bits per heavy atom.